The summed E-state index contributed by atoms with van der Waals surface area (Å²) in [5, 5.41) is 0. The minimum atomic E-state index is -0.0357. The predicted molar refractivity (Wildman–Crippen MR) is 66.9 cm³/mol. The Balaban J connectivity index is 2.31. The highest BCUT2D eigenvalue weighted by molar-refractivity contribution is 5.29. The zero-order valence-electron chi connectivity index (χ0n) is 10.1. The summed E-state index contributed by atoms with van der Waals surface area (Å²) in [5.74, 6) is 5.67. The van der Waals surface area contributed by atoms with Gasteiger partial charge in [0.15, 0.2) is 0 Å². The summed E-state index contributed by atoms with van der Waals surface area (Å²) in [6.07, 6.45) is 6.63. The lowest BCUT2D eigenvalue weighted by molar-refractivity contribution is 0.219. The third-order valence-corrected chi connectivity index (χ3v) is 3.08. The van der Waals surface area contributed by atoms with E-state index in [2.05, 4.69) is 23.4 Å². The average molecular weight is 233 g/mol. The molecule has 0 aliphatic carbocycles. The van der Waals surface area contributed by atoms with E-state index in [1.165, 1.54) is 11.1 Å². The van der Waals surface area contributed by atoms with Crippen LogP contribution in [0.2, 0.25) is 0 Å². The van der Waals surface area contributed by atoms with Crippen LogP contribution in [0.5, 0.6) is 0 Å². The number of aryl methyl sites for hydroxylation is 1. The number of pyridine rings is 1. The Morgan fingerprint density at radius 1 is 1.59 bits per heavy atom. The molecule has 3 N–H and O–H groups in total. The first-order valence-electron chi connectivity index (χ1n) is 6.07. The van der Waals surface area contributed by atoms with Crippen molar-refractivity contribution in [3.63, 3.8) is 0 Å². The molecule has 4 heteroatoms. The van der Waals surface area contributed by atoms with Gasteiger partial charge in [0.2, 0.25) is 0 Å². The number of ether oxygens (including phenoxy) is 1. The molecular formula is C13H19N3O. The Bertz CT molecular complexity index is 403. The number of nitrogens with one attached hydrogen (secondary N) is 1. The molecular weight excluding hydrogens is 214 g/mol. The standard InChI is InChI=1S/C13H19N3O/c1-2-10-5-3-7-15-12(10)13(16-14)11-6-4-8-17-9-11/h3,5,7,9,13,16H,2,4,6,8,14H2,1H3. The van der Waals surface area contributed by atoms with Crippen molar-refractivity contribution in [2.45, 2.75) is 32.2 Å². The molecule has 0 aromatic carbocycles. The maximum Gasteiger partial charge on any atom is 0.0876 e. The van der Waals surface area contributed by atoms with Gasteiger partial charge in [0.1, 0.15) is 0 Å². The van der Waals surface area contributed by atoms with Crippen molar-refractivity contribution < 1.29 is 4.74 Å². The highest BCUT2D eigenvalue weighted by Crippen LogP contribution is 2.27. The normalized spacial score (nSPS) is 17.2. The van der Waals surface area contributed by atoms with Gasteiger partial charge in [-0.1, -0.05) is 13.0 Å². The fraction of sp³-hybridized carbons (Fsp3) is 0.462. The summed E-state index contributed by atoms with van der Waals surface area (Å²) in [6, 6.07) is 4.02. The lowest BCUT2D eigenvalue weighted by atomic mass is 9.96. The molecule has 1 aliphatic rings. The van der Waals surface area contributed by atoms with Crippen LogP contribution >= 0.6 is 0 Å². The molecule has 2 heterocycles. The van der Waals surface area contributed by atoms with Crippen molar-refractivity contribution in [3.8, 4) is 0 Å². The van der Waals surface area contributed by atoms with E-state index in [0.29, 0.717) is 0 Å². The van der Waals surface area contributed by atoms with Gasteiger partial charge in [0.25, 0.3) is 0 Å². The quantitative estimate of drug-likeness (QED) is 0.615. The molecule has 17 heavy (non-hydrogen) atoms. The van der Waals surface area contributed by atoms with Crippen molar-refractivity contribution >= 4 is 0 Å². The second-order valence-electron chi connectivity index (χ2n) is 4.17. The molecule has 0 saturated heterocycles. The van der Waals surface area contributed by atoms with Gasteiger partial charge in [-0.25, -0.2) is 5.43 Å². The third-order valence-electron chi connectivity index (χ3n) is 3.08. The van der Waals surface area contributed by atoms with Crippen molar-refractivity contribution in [1.82, 2.24) is 10.4 Å². The minimum absolute atomic E-state index is 0.0357. The lowest BCUT2D eigenvalue weighted by Crippen LogP contribution is -2.31. The van der Waals surface area contributed by atoms with Gasteiger partial charge in [0, 0.05) is 6.20 Å². The predicted octanol–water partition coefficient (Wildman–Crippen LogP) is 1.84. The second-order valence-corrected chi connectivity index (χ2v) is 4.17. The van der Waals surface area contributed by atoms with Crippen LogP contribution in [-0.2, 0) is 11.2 Å². The zero-order valence-corrected chi connectivity index (χ0v) is 10.1. The Kier molecular flexibility index (Phi) is 4.12. The van der Waals surface area contributed by atoms with Crippen LogP contribution < -0.4 is 11.3 Å². The zero-order chi connectivity index (χ0) is 12.1. The lowest BCUT2D eigenvalue weighted by Gasteiger charge is -2.23. The van der Waals surface area contributed by atoms with Crippen LogP contribution in [-0.4, -0.2) is 11.6 Å². The van der Waals surface area contributed by atoms with E-state index < -0.39 is 0 Å². The van der Waals surface area contributed by atoms with Gasteiger partial charge < -0.3 is 4.74 Å². The molecule has 1 aromatic heterocycles. The van der Waals surface area contributed by atoms with Crippen molar-refractivity contribution in [2.24, 2.45) is 5.84 Å². The van der Waals surface area contributed by atoms with Crippen LogP contribution in [0.15, 0.2) is 30.2 Å². The SMILES string of the molecule is CCc1cccnc1C(NN)C1=COCCC1. The molecule has 0 fully saturated rings. The van der Waals surface area contributed by atoms with Gasteiger partial charge in [-0.15, -0.1) is 0 Å². The van der Waals surface area contributed by atoms with Crippen LogP contribution in [0.25, 0.3) is 0 Å². The number of aromatic nitrogens is 1. The minimum Gasteiger partial charge on any atom is -0.501 e. The number of hydrogen-bond donors (Lipinski definition) is 2. The fourth-order valence-electron chi connectivity index (χ4n) is 2.17. The molecule has 0 spiro atoms. The van der Waals surface area contributed by atoms with Gasteiger partial charge >= 0.3 is 0 Å². The monoisotopic (exact) mass is 233 g/mol. The first-order chi connectivity index (χ1) is 8.36. The maximum atomic E-state index is 5.67. The molecule has 0 bridgehead atoms. The molecule has 1 unspecified atom stereocenters. The maximum absolute atomic E-state index is 5.67. The molecule has 1 atom stereocenters. The van der Waals surface area contributed by atoms with Crippen LogP contribution in [0.1, 0.15) is 37.1 Å². The van der Waals surface area contributed by atoms with Gasteiger partial charge in [-0.2, -0.15) is 0 Å². The summed E-state index contributed by atoms with van der Waals surface area (Å²) in [5.41, 5.74) is 6.26. The fourth-order valence-corrected chi connectivity index (χ4v) is 2.17. The Labute approximate surface area is 102 Å². The number of hydrazine groups is 1. The van der Waals surface area contributed by atoms with E-state index in [4.69, 9.17) is 10.6 Å². The van der Waals surface area contributed by atoms with E-state index in [0.717, 1.165) is 31.6 Å². The third kappa shape index (κ3) is 2.65. The van der Waals surface area contributed by atoms with Gasteiger partial charge in [-0.3, -0.25) is 10.8 Å². The van der Waals surface area contributed by atoms with E-state index in [9.17, 15) is 0 Å². The largest absolute Gasteiger partial charge is 0.501 e. The van der Waals surface area contributed by atoms with Crippen molar-refractivity contribution in [1.29, 1.82) is 0 Å². The summed E-state index contributed by atoms with van der Waals surface area (Å²) in [4.78, 5) is 4.46. The molecule has 0 radical (unpaired) electrons. The summed E-state index contributed by atoms with van der Waals surface area (Å²) in [7, 11) is 0. The molecule has 4 nitrogen and oxygen atoms in total. The van der Waals surface area contributed by atoms with E-state index in [1.54, 1.807) is 0 Å². The molecule has 0 saturated carbocycles. The highest BCUT2D eigenvalue weighted by atomic mass is 16.5. The Hall–Kier alpha value is -1.39. The van der Waals surface area contributed by atoms with Gasteiger partial charge in [-0.05, 0) is 36.5 Å². The van der Waals surface area contributed by atoms with Crippen LogP contribution in [0.4, 0.5) is 0 Å². The molecule has 92 valence electrons. The first kappa shape index (κ1) is 12.1. The number of nitrogens with zero attached hydrogens (tertiary/aromatic N) is 1. The smallest absolute Gasteiger partial charge is 0.0876 e. The average Bonchev–Trinajstić information content (AvgIpc) is 2.41. The van der Waals surface area contributed by atoms with Crippen LogP contribution in [0.3, 0.4) is 0 Å². The van der Waals surface area contributed by atoms with Crippen LogP contribution in [0, 0.1) is 0 Å². The molecule has 1 aromatic rings. The van der Waals surface area contributed by atoms with Crippen molar-refractivity contribution in [2.75, 3.05) is 6.61 Å². The summed E-state index contributed by atoms with van der Waals surface area (Å²) >= 11 is 0. The van der Waals surface area contributed by atoms with E-state index in [1.807, 2.05) is 18.5 Å². The number of rotatable bonds is 4. The molecule has 0 amide bonds. The Morgan fingerprint density at radius 3 is 3.12 bits per heavy atom. The number of nitrogens with two attached hydrogens (primary N) is 1. The van der Waals surface area contributed by atoms with E-state index in [-0.39, 0.29) is 6.04 Å². The molecule has 1 aliphatic heterocycles. The van der Waals surface area contributed by atoms with Crippen molar-refractivity contribution in [3.05, 3.63) is 41.4 Å². The molecule has 2 rings (SSSR count). The highest BCUT2D eigenvalue weighted by Gasteiger charge is 2.20. The first-order valence-corrected chi connectivity index (χ1v) is 6.07. The van der Waals surface area contributed by atoms with Gasteiger partial charge in [0.05, 0.1) is 24.6 Å². The topological polar surface area (TPSA) is 60.2 Å². The summed E-state index contributed by atoms with van der Waals surface area (Å²) < 4.78 is 5.37. The second kappa shape index (κ2) is 5.80. The number of hydrogen-bond acceptors (Lipinski definition) is 4. The Morgan fingerprint density at radius 2 is 2.47 bits per heavy atom. The summed E-state index contributed by atoms with van der Waals surface area (Å²) in [6.45, 7) is 2.92. The van der Waals surface area contributed by atoms with E-state index >= 15 is 0 Å².